The van der Waals surface area contributed by atoms with Crippen LogP contribution in [-0.2, 0) is 6.54 Å². The van der Waals surface area contributed by atoms with Crippen molar-refractivity contribution in [3.8, 4) is 0 Å². The molecule has 0 aliphatic carbocycles. The molecule has 2 heterocycles. The van der Waals surface area contributed by atoms with Gasteiger partial charge in [-0.25, -0.2) is 9.78 Å². The number of carbonyl (C=O) groups excluding carboxylic acids is 1. The van der Waals surface area contributed by atoms with E-state index in [0.717, 1.165) is 22.2 Å². The van der Waals surface area contributed by atoms with Crippen LogP contribution in [0.1, 0.15) is 24.3 Å². The number of thiophene rings is 1. The highest BCUT2D eigenvalue weighted by Gasteiger charge is 2.10. The smallest absolute Gasteiger partial charge is 0.315 e. The Balaban J connectivity index is 1.65. The average Bonchev–Trinajstić information content (AvgIpc) is 3.06. The molecule has 0 saturated heterocycles. The molecular weight excluding hydrogens is 298 g/mol. The van der Waals surface area contributed by atoms with E-state index in [-0.39, 0.29) is 12.1 Å². The Kier molecular flexibility index (Phi) is 5.37. The molecule has 0 saturated carbocycles. The lowest BCUT2D eigenvalue weighted by Crippen LogP contribution is -2.37. The van der Waals surface area contributed by atoms with E-state index in [2.05, 4.69) is 20.7 Å². The first kappa shape index (κ1) is 14.8. The number of carbonyl (C=O) groups is 1. The molecule has 108 valence electrons. The van der Waals surface area contributed by atoms with E-state index in [1.165, 1.54) is 17.7 Å². The number of hydrogen-bond donors (Lipinski definition) is 2. The third-order valence-electron chi connectivity index (χ3n) is 2.68. The number of nitrogens with one attached hydrogen (secondary N) is 2. The standard InChI is InChI=1S/C12H16ClN5OS/c1-9(10-3-4-11(13)20-10)17-12(19)15-5-2-6-18-8-14-7-16-18/h3-4,7-9H,2,5-6H2,1H3,(H2,15,17,19)/t9-/m0/s1. The fraction of sp³-hybridized carbons (Fsp3) is 0.417. The molecule has 2 aromatic heterocycles. The van der Waals surface area contributed by atoms with Crippen LogP contribution in [-0.4, -0.2) is 27.3 Å². The minimum absolute atomic E-state index is 0.0529. The highest BCUT2D eigenvalue weighted by atomic mass is 35.5. The quantitative estimate of drug-likeness (QED) is 0.805. The van der Waals surface area contributed by atoms with Crippen LogP contribution in [0.3, 0.4) is 0 Å². The van der Waals surface area contributed by atoms with E-state index in [1.54, 1.807) is 11.0 Å². The van der Waals surface area contributed by atoms with Gasteiger partial charge in [0.15, 0.2) is 0 Å². The van der Waals surface area contributed by atoms with Crippen molar-refractivity contribution in [1.29, 1.82) is 0 Å². The van der Waals surface area contributed by atoms with Gasteiger partial charge in [-0.1, -0.05) is 11.6 Å². The zero-order valence-corrected chi connectivity index (χ0v) is 12.6. The van der Waals surface area contributed by atoms with E-state index in [1.807, 2.05) is 19.1 Å². The lowest BCUT2D eigenvalue weighted by Gasteiger charge is -2.13. The second kappa shape index (κ2) is 7.25. The first-order valence-corrected chi connectivity index (χ1v) is 7.46. The fourth-order valence-corrected chi connectivity index (χ4v) is 2.73. The molecule has 0 radical (unpaired) electrons. The third-order valence-corrected chi connectivity index (χ3v) is 4.10. The maximum atomic E-state index is 11.7. The molecule has 0 fully saturated rings. The van der Waals surface area contributed by atoms with Crippen LogP contribution in [0, 0.1) is 0 Å². The summed E-state index contributed by atoms with van der Waals surface area (Å²) in [5, 5.41) is 9.67. The van der Waals surface area contributed by atoms with E-state index < -0.39 is 0 Å². The van der Waals surface area contributed by atoms with Gasteiger partial charge >= 0.3 is 6.03 Å². The number of aromatic nitrogens is 3. The number of halogens is 1. The maximum absolute atomic E-state index is 11.7. The van der Waals surface area contributed by atoms with Gasteiger partial charge in [0, 0.05) is 18.0 Å². The van der Waals surface area contributed by atoms with E-state index in [9.17, 15) is 4.79 Å². The number of hydrogen-bond acceptors (Lipinski definition) is 4. The predicted octanol–water partition coefficient (Wildman–Crippen LogP) is 2.44. The Morgan fingerprint density at radius 1 is 1.55 bits per heavy atom. The maximum Gasteiger partial charge on any atom is 0.315 e. The van der Waals surface area contributed by atoms with Crippen LogP contribution >= 0.6 is 22.9 Å². The van der Waals surface area contributed by atoms with E-state index in [0.29, 0.717) is 6.54 Å². The molecule has 0 unspecified atom stereocenters. The van der Waals surface area contributed by atoms with Crippen molar-refractivity contribution in [2.24, 2.45) is 0 Å². The molecule has 2 amide bonds. The van der Waals surface area contributed by atoms with Gasteiger partial charge in [0.1, 0.15) is 12.7 Å². The van der Waals surface area contributed by atoms with Crippen LogP contribution in [0.25, 0.3) is 0 Å². The summed E-state index contributed by atoms with van der Waals surface area (Å²) < 4.78 is 2.46. The van der Waals surface area contributed by atoms with Crippen LogP contribution in [0.15, 0.2) is 24.8 Å². The van der Waals surface area contributed by atoms with Crippen LogP contribution < -0.4 is 10.6 Å². The van der Waals surface area contributed by atoms with Gasteiger partial charge in [-0.05, 0) is 25.5 Å². The molecule has 2 aromatic rings. The van der Waals surface area contributed by atoms with E-state index >= 15 is 0 Å². The van der Waals surface area contributed by atoms with Crippen molar-refractivity contribution in [3.63, 3.8) is 0 Å². The van der Waals surface area contributed by atoms with Crippen LogP contribution in [0.2, 0.25) is 4.34 Å². The van der Waals surface area contributed by atoms with Gasteiger partial charge in [0.05, 0.1) is 10.4 Å². The summed E-state index contributed by atoms with van der Waals surface area (Å²) >= 11 is 7.34. The van der Waals surface area contributed by atoms with Crippen molar-refractivity contribution in [2.45, 2.75) is 25.9 Å². The predicted molar refractivity (Wildman–Crippen MR) is 78.9 cm³/mol. The van der Waals surface area contributed by atoms with E-state index in [4.69, 9.17) is 11.6 Å². The molecule has 6 nitrogen and oxygen atoms in total. The normalized spacial score (nSPS) is 12.1. The first-order valence-electron chi connectivity index (χ1n) is 6.27. The fourth-order valence-electron chi connectivity index (χ4n) is 1.67. The Morgan fingerprint density at radius 2 is 2.40 bits per heavy atom. The summed E-state index contributed by atoms with van der Waals surface area (Å²) in [5.74, 6) is 0. The Morgan fingerprint density at radius 3 is 3.05 bits per heavy atom. The van der Waals surface area contributed by atoms with Crippen molar-refractivity contribution >= 4 is 29.0 Å². The zero-order valence-electron chi connectivity index (χ0n) is 11.0. The molecule has 2 rings (SSSR count). The second-order valence-electron chi connectivity index (χ2n) is 4.28. The van der Waals surface area contributed by atoms with Gasteiger partial charge in [-0.15, -0.1) is 11.3 Å². The number of aryl methyl sites for hydroxylation is 1. The Labute approximate surface area is 126 Å². The van der Waals surface area contributed by atoms with Crippen molar-refractivity contribution in [3.05, 3.63) is 34.0 Å². The van der Waals surface area contributed by atoms with Gasteiger partial charge < -0.3 is 10.6 Å². The highest BCUT2D eigenvalue weighted by Crippen LogP contribution is 2.26. The molecule has 0 spiro atoms. The molecule has 8 heteroatoms. The van der Waals surface area contributed by atoms with Gasteiger partial charge in [0.25, 0.3) is 0 Å². The summed E-state index contributed by atoms with van der Waals surface area (Å²) in [6.07, 6.45) is 3.95. The molecule has 0 bridgehead atoms. The average molecular weight is 314 g/mol. The Bertz CT molecular complexity index is 542. The summed E-state index contributed by atoms with van der Waals surface area (Å²) in [7, 11) is 0. The minimum atomic E-state index is -0.180. The molecule has 20 heavy (non-hydrogen) atoms. The summed E-state index contributed by atoms with van der Waals surface area (Å²) in [6, 6.07) is 3.52. The molecule has 0 aliphatic heterocycles. The molecular formula is C12H16ClN5OS. The van der Waals surface area contributed by atoms with Crippen LogP contribution in [0.5, 0.6) is 0 Å². The number of amides is 2. The lowest BCUT2D eigenvalue weighted by atomic mass is 10.3. The first-order chi connectivity index (χ1) is 9.65. The highest BCUT2D eigenvalue weighted by molar-refractivity contribution is 7.16. The minimum Gasteiger partial charge on any atom is -0.338 e. The second-order valence-corrected chi connectivity index (χ2v) is 6.02. The van der Waals surface area contributed by atoms with Gasteiger partial charge in [-0.2, -0.15) is 5.10 Å². The van der Waals surface area contributed by atoms with Crippen LogP contribution in [0.4, 0.5) is 4.79 Å². The molecule has 1 atom stereocenters. The monoisotopic (exact) mass is 313 g/mol. The third kappa shape index (κ3) is 4.50. The zero-order chi connectivity index (χ0) is 14.4. The van der Waals surface area contributed by atoms with Crippen molar-refractivity contribution < 1.29 is 4.79 Å². The lowest BCUT2D eigenvalue weighted by molar-refractivity contribution is 0.237. The topological polar surface area (TPSA) is 71.8 Å². The number of nitrogens with zero attached hydrogens (tertiary/aromatic N) is 3. The Hall–Kier alpha value is -1.60. The summed E-state index contributed by atoms with van der Waals surface area (Å²) in [5.41, 5.74) is 0. The van der Waals surface area contributed by atoms with Gasteiger partial charge in [0.2, 0.25) is 0 Å². The molecule has 0 aromatic carbocycles. The summed E-state index contributed by atoms with van der Waals surface area (Å²) in [4.78, 5) is 16.6. The van der Waals surface area contributed by atoms with Crippen molar-refractivity contribution in [1.82, 2.24) is 25.4 Å². The molecule has 2 N–H and O–H groups in total. The number of urea groups is 1. The molecule has 0 aliphatic rings. The largest absolute Gasteiger partial charge is 0.338 e. The summed E-state index contributed by atoms with van der Waals surface area (Å²) in [6.45, 7) is 3.25. The SMILES string of the molecule is C[C@H](NC(=O)NCCCn1cncn1)c1ccc(Cl)s1. The van der Waals surface area contributed by atoms with Crippen molar-refractivity contribution in [2.75, 3.05) is 6.54 Å². The van der Waals surface area contributed by atoms with Gasteiger partial charge in [-0.3, -0.25) is 4.68 Å². The number of rotatable bonds is 6.